The zero-order valence-electron chi connectivity index (χ0n) is 12.4. The van der Waals surface area contributed by atoms with E-state index in [4.69, 9.17) is 4.74 Å². The van der Waals surface area contributed by atoms with E-state index in [1.165, 1.54) is 4.88 Å². The number of amides is 1. The minimum Gasteiger partial charge on any atom is -0.368 e. The summed E-state index contributed by atoms with van der Waals surface area (Å²) in [7, 11) is 1.62. The lowest BCUT2D eigenvalue weighted by molar-refractivity contribution is -0.146. The van der Waals surface area contributed by atoms with Crippen molar-refractivity contribution in [3.8, 4) is 0 Å². The Hall–Kier alpha value is -0.980. The van der Waals surface area contributed by atoms with Crippen molar-refractivity contribution < 1.29 is 9.53 Å². The van der Waals surface area contributed by atoms with Crippen LogP contribution >= 0.6 is 11.3 Å². The summed E-state index contributed by atoms with van der Waals surface area (Å²) >= 11 is 1.70. The third-order valence-corrected chi connectivity index (χ3v) is 5.05. The molecule has 2 rings (SSSR count). The number of nitrogens with zero attached hydrogens (tertiary/aromatic N) is 1. The van der Waals surface area contributed by atoms with Gasteiger partial charge in [0, 0.05) is 25.0 Å². The average molecular weight is 297 g/mol. The number of methoxy groups -OCH3 is 1. The van der Waals surface area contributed by atoms with Gasteiger partial charge in [-0.25, -0.2) is 4.98 Å². The van der Waals surface area contributed by atoms with E-state index in [-0.39, 0.29) is 5.91 Å². The van der Waals surface area contributed by atoms with Gasteiger partial charge in [-0.05, 0) is 39.8 Å². The van der Waals surface area contributed by atoms with Gasteiger partial charge in [0.25, 0.3) is 5.91 Å². The molecule has 0 aliphatic carbocycles. The standard InChI is InChI=1S/C14H23N3O2S/c1-10-11(2)20-12(17-10)4-7-16-13(18)14(19-3)5-8-15-9-6-14/h15H,4-9H2,1-3H3,(H,16,18). The first-order valence-corrected chi connectivity index (χ1v) is 7.86. The van der Waals surface area contributed by atoms with Crippen LogP contribution in [0, 0.1) is 13.8 Å². The van der Waals surface area contributed by atoms with Crippen LogP contribution in [-0.4, -0.2) is 43.2 Å². The van der Waals surface area contributed by atoms with Crippen molar-refractivity contribution in [1.29, 1.82) is 0 Å². The van der Waals surface area contributed by atoms with Crippen LogP contribution in [0.1, 0.15) is 28.4 Å². The topological polar surface area (TPSA) is 63.2 Å². The van der Waals surface area contributed by atoms with Crippen LogP contribution < -0.4 is 10.6 Å². The quantitative estimate of drug-likeness (QED) is 0.857. The highest BCUT2D eigenvalue weighted by Gasteiger charge is 2.39. The van der Waals surface area contributed by atoms with Crippen molar-refractivity contribution in [3.63, 3.8) is 0 Å². The van der Waals surface area contributed by atoms with Crippen LogP contribution in [0.4, 0.5) is 0 Å². The predicted octanol–water partition coefficient (Wildman–Crippen LogP) is 1.19. The first kappa shape index (κ1) is 15.4. The Balaban J connectivity index is 1.85. The van der Waals surface area contributed by atoms with E-state index >= 15 is 0 Å². The Morgan fingerprint density at radius 3 is 2.70 bits per heavy atom. The molecule has 1 fully saturated rings. The van der Waals surface area contributed by atoms with Gasteiger partial charge in [-0.1, -0.05) is 0 Å². The summed E-state index contributed by atoms with van der Waals surface area (Å²) in [5.41, 5.74) is 0.433. The van der Waals surface area contributed by atoms with E-state index in [0.29, 0.717) is 6.54 Å². The average Bonchev–Trinajstić information content (AvgIpc) is 2.78. The van der Waals surface area contributed by atoms with E-state index in [1.807, 2.05) is 6.92 Å². The number of hydrogen-bond acceptors (Lipinski definition) is 5. The Kier molecular flexibility index (Phi) is 5.12. The Labute approximate surface area is 124 Å². The number of thiazole rings is 1. The first-order valence-electron chi connectivity index (χ1n) is 7.04. The zero-order chi connectivity index (χ0) is 14.6. The molecule has 0 saturated carbocycles. The van der Waals surface area contributed by atoms with E-state index in [1.54, 1.807) is 18.4 Å². The number of aryl methyl sites for hydroxylation is 2. The maximum atomic E-state index is 12.3. The molecule has 1 aromatic rings. The predicted molar refractivity (Wildman–Crippen MR) is 80.1 cm³/mol. The van der Waals surface area contributed by atoms with Crippen LogP contribution in [0.25, 0.3) is 0 Å². The van der Waals surface area contributed by atoms with Gasteiger partial charge in [-0.2, -0.15) is 0 Å². The van der Waals surface area contributed by atoms with Crippen molar-refractivity contribution in [1.82, 2.24) is 15.6 Å². The van der Waals surface area contributed by atoms with E-state index < -0.39 is 5.60 Å². The minimum atomic E-state index is -0.653. The SMILES string of the molecule is COC1(C(=O)NCCc2nc(C)c(C)s2)CCNCC1. The highest BCUT2D eigenvalue weighted by Crippen LogP contribution is 2.22. The number of carbonyl (C=O) groups is 1. The second kappa shape index (κ2) is 6.65. The molecule has 0 aromatic carbocycles. The molecule has 1 amide bonds. The van der Waals surface area contributed by atoms with Crippen molar-refractivity contribution in [2.75, 3.05) is 26.7 Å². The second-order valence-electron chi connectivity index (χ2n) is 5.20. The molecule has 5 nitrogen and oxygen atoms in total. The molecule has 1 aromatic heterocycles. The molecule has 1 saturated heterocycles. The van der Waals surface area contributed by atoms with Gasteiger partial charge < -0.3 is 15.4 Å². The molecule has 0 radical (unpaired) electrons. The third-order valence-electron chi connectivity index (χ3n) is 3.91. The second-order valence-corrected chi connectivity index (χ2v) is 6.49. The molecule has 112 valence electrons. The van der Waals surface area contributed by atoms with Crippen molar-refractivity contribution in [2.45, 2.75) is 38.7 Å². The molecule has 2 heterocycles. The van der Waals surface area contributed by atoms with E-state index in [0.717, 1.165) is 43.1 Å². The molecule has 0 spiro atoms. The molecular formula is C14H23N3O2S. The number of hydrogen-bond donors (Lipinski definition) is 2. The number of aromatic nitrogens is 1. The Bertz CT molecular complexity index is 447. The smallest absolute Gasteiger partial charge is 0.252 e. The van der Waals surface area contributed by atoms with Gasteiger partial charge in [0.05, 0.1) is 10.7 Å². The maximum absolute atomic E-state index is 12.3. The molecule has 1 aliphatic rings. The summed E-state index contributed by atoms with van der Waals surface area (Å²) in [4.78, 5) is 18.1. The minimum absolute atomic E-state index is 0.00602. The third kappa shape index (κ3) is 3.37. The summed E-state index contributed by atoms with van der Waals surface area (Å²) in [5.74, 6) is 0.00602. The number of piperidine rings is 1. The Morgan fingerprint density at radius 2 is 2.15 bits per heavy atom. The highest BCUT2D eigenvalue weighted by molar-refractivity contribution is 7.11. The number of rotatable bonds is 5. The van der Waals surface area contributed by atoms with E-state index in [2.05, 4.69) is 22.5 Å². The molecule has 0 bridgehead atoms. The fraction of sp³-hybridized carbons (Fsp3) is 0.714. The Morgan fingerprint density at radius 1 is 1.45 bits per heavy atom. The van der Waals surface area contributed by atoms with Gasteiger partial charge in [-0.15, -0.1) is 11.3 Å². The monoisotopic (exact) mass is 297 g/mol. The van der Waals surface area contributed by atoms with Gasteiger partial charge in [0.2, 0.25) is 0 Å². The number of nitrogens with one attached hydrogen (secondary N) is 2. The summed E-state index contributed by atoms with van der Waals surface area (Å²) in [5, 5.41) is 7.33. The lowest BCUT2D eigenvalue weighted by Crippen LogP contribution is -2.54. The summed E-state index contributed by atoms with van der Waals surface area (Å²) < 4.78 is 5.50. The highest BCUT2D eigenvalue weighted by atomic mass is 32.1. The summed E-state index contributed by atoms with van der Waals surface area (Å²) in [6, 6.07) is 0. The first-order chi connectivity index (χ1) is 9.57. The van der Waals surface area contributed by atoms with Crippen LogP contribution in [0.15, 0.2) is 0 Å². The van der Waals surface area contributed by atoms with Crippen LogP contribution in [-0.2, 0) is 16.0 Å². The summed E-state index contributed by atoms with van der Waals surface area (Å²) in [6.07, 6.45) is 2.23. The molecule has 20 heavy (non-hydrogen) atoms. The lowest BCUT2D eigenvalue weighted by atomic mass is 9.91. The van der Waals surface area contributed by atoms with Crippen LogP contribution in [0.3, 0.4) is 0 Å². The lowest BCUT2D eigenvalue weighted by Gasteiger charge is -2.34. The maximum Gasteiger partial charge on any atom is 0.252 e. The fourth-order valence-corrected chi connectivity index (χ4v) is 3.38. The van der Waals surface area contributed by atoms with Crippen LogP contribution in [0.2, 0.25) is 0 Å². The molecule has 0 unspecified atom stereocenters. The van der Waals surface area contributed by atoms with Crippen LogP contribution in [0.5, 0.6) is 0 Å². The van der Waals surface area contributed by atoms with Gasteiger partial charge in [-0.3, -0.25) is 4.79 Å². The summed E-state index contributed by atoms with van der Waals surface area (Å²) in [6.45, 7) is 6.36. The van der Waals surface area contributed by atoms with Crippen molar-refractivity contribution >= 4 is 17.2 Å². The fourth-order valence-electron chi connectivity index (χ4n) is 2.44. The van der Waals surface area contributed by atoms with Crippen molar-refractivity contribution in [3.05, 3.63) is 15.6 Å². The largest absolute Gasteiger partial charge is 0.368 e. The molecule has 1 aliphatic heterocycles. The normalized spacial score (nSPS) is 17.9. The van der Waals surface area contributed by atoms with Gasteiger partial charge in [0.15, 0.2) is 0 Å². The van der Waals surface area contributed by atoms with Gasteiger partial charge in [0.1, 0.15) is 5.60 Å². The molecular weight excluding hydrogens is 274 g/mol. The van der Waals surface area contributed by atoms with Crippen molar-refractivity contribution in [2.24, 2.45) is 0 Å². The van der Waals surface area contributed by atoms with Gasteiger partial charge >= 0.3 is 0 Å². The molecule has 6 heteroatoms. The molecule has 0 atom stereocenters. The number of carbonyl (C=O) groups excluding carboxylic acids is 1. The number of ether oxygens (including phenoxy) is 1. The van der Waals surface area contributed by atoms with E-state index in [9.17, 15) is 4.79 Å². The zero-order valence-corrected chi connectivity index (χ0v) is 13.2. The molecule has 2 N–H and O–H groups in total.